The minimum absolute atomic E-state index is 0.729. The second kappa shape index (κ2) is 7.21. The highest BCUT2D eigenvalue weighted by molar-refractivity contribution is 9.10. The molecule has 0 amide bonds. The lowest BCUT2D eigenvalue weighted by atomic mass is 10.2. The number of unbranched alkanes of at least 4 members (excludes halogenated alkanes) is 1. The molecule has 3 aromatic rings. The highest BCUT2D eigenvalue weighted by Crippen LogP contribution is 2.21. The molecule has 0 aliphatic heterocycles. The van der Waals surface area contributed by atoms with E-state index in [-0.39, 0.29) is 0 Å². The molecular weight excluding hydrogens is 362 g/mol. The van der Waals surface area contributed by atoms with Gasteiger partial charge >= 0.3 is 0 Å². The minimum Gasteiger partial charge on any atom is -0.494 e. The first-order valence-electron chi connectivity index (χ1n) is 7.35. The minimum atomic E-state index is 0.729. The molecule has 114 valence electrons. The quantitative estimate of drug-likeness (QED) is 0.486. The fraction of sp³-hybridized carbons (Fsp3) is 0.222. The second-order valence-electron chi connectivity index (χ2n) is 5.22. The van der Waals surface area contributed by atoms with Gasteiger partial charge in [-0.15, -0.1) is 0 Å². The van der Waals surface area contributed by atoms with E-state index >= 15 is 0 Å². The van der Waals surface area contributed by atoms with Gasteiger partial charge in [-0.3, -0.25) is 0 Å². The zero-order valence-electron chi connectivity index (χ0n) is 12.1. The van der Waals surface area contributed by atoms with Gasteiger partial charge < -0.3 is 9.30 Å². The molecule has 0 aliphatic carbocycles. The van der Waals surface area contributed by atoms with E-state index in [0.717, 1.165) is 41.2 Å². The first kappa shape index (κ1) is 15.4. The summed E-state index contributed by atoms with van der Waals surface area (Å²) in [7, 11) is 0. The van der Waals surface area contributed by atoms with Gasteiger partial charge in [0.25, 0.3) is 0 Å². The SMILES string of the molecule is Clc1ccc(OCCCCn2ccc3cc(Br)ccc32)cc1. The van der Waals surface area contributed by atoms with Crippen molar-refractivity contribution >= 4 is 38.4 Å². The number of halogens is 2. The van der Waals surface area contributed by atoms with Crippen molar-refractivity contribution in [3.8, 4) is 5.75 Å². The molecule has 2 nitrogen and oxygen atoms in total. The van der Waals surface area contributed by atoms with Crippen LogP contribution < -0.4 is 4.74 Å². The van der Waals surface area contributed by atoms with E-state index in [1.54, 1.807) is 0 Å². The molecule has 0 spiro atoms. The summed E-state index contributed by atoms with van der Waals surface area (Å²) in [5.74, 6) is 0.876. The van der Waals surface area contributed by atoms with Crippen LogP contribution in [0.25, 0.3) is 10.9 Å². The van der Waals surface area contributed by atoms with E-state index in [2.05, 4.69) is 51.0 Å². The van der Waals surface area contributed by atoms with Gasteiger partial charge in [-0.1, -0.05) is 27.5 Å². The van der Waals surface area contributed by atoms with Crippen LogP contribution in [-0.2, 0) is 6.54 Å². The summed E-state index contributed by atoms with van der Waals surface area (Å²) in [6.45, 7) is 1.74. The van der Waals surface area contributed by atoms with Crippen LogP contribution in [0, 0.1) is 0 Å². The zero-order chi connectivity index (χ0) is 15.4. The van der Waals surface area contributed by atoms with E-state index in [9.17, 15) is 0 Å². The Balaban J connectivity index is 1.47. The molecular formula is C18H17BrClNO. The molecule has 0 fully saturated rings. The average Bonchev–Trinajstić information content (AvgIpc) is 2.91. The molecule has 4 heteroatoms. The molecule has 0 unspecified atom stereocenters. The summed E-state index contributed by atoms with van der Waals surface area (Å²) in [5.41, 5.74) is 1.28. The lowest BCUT2D eigenvalue weighted by Crippen LogP contribution is -2.01. The maximum absolute atomic E-state index is 5.85. The maximum Gasteiger partial charge on any atom is 0.119 e. The van der Waals surface area contributed by atoms with Gasteiger partial charge in [0.1, 0.15) is 5.75 Å². The van der Waals surface area contributed by atoms with Crippen LogP contribution in [0.2, 0.25) is 5.02 Å². The van der Waals surface area contributed by atoms with Gasteiger partial charge in [0.05, 0.1) is 6.61 Å². The van der Waals surface area contributed by atoms with E-state index in [0.29, 0.717) is 0 Å². The molecule has 0 bridgehead atoms. The van der Waals surface area contributed by atoms with Crippen LogP contribution in [-0.4, -0.2) is 11.2 Å². The van der Waals surface area contributed by atoms with Crippen LogP contribution in [0.5, 0.6) is 5.75 Å². The molecule has 0 atom stereocenters. The largest absolute Gasteiger partial charge is 0.494 e. The number of fused-ring (bicyclic) bond motifs is 1. The summed E-state index contributed by atoms with van der Waals surface area (Å²) in [6.07, 6.45) is 4.27. The standard InChI is InChI=1S/C18H17BrClNO/c19-15-3-8-18-14(13-15)9-11-21(18)10-1-2-12-22-17-6-4-16(20)5-7-17/h3-9,11,13H,1-2,10,12H2. The summed E-state index contributed by atoms with van der Waals surface area (Å²) in [5, 5.41) is 2.00. The molecule has 0 aliphatic rings. The number of nitrogens with zero attached hydrogens (tertiary/aromatic N) is 1. The predicted octanol–water partition coefficient (Wildman–Crippen LogP) is 5.92. The van der Waals surface area contributed by atoms with Crippen molar-refractivity contribution in [1.29, 1.82) is 0 Å². The number of hydrogen-bond acceptors (Lipinski definition) is 1. The van der Waals surface area contributed by atoms with Gasteiger partial charge in [-0.25, -0.2) is 0 Å². The number of hydrogen-bond donors (Lipinski definition) is 0. The normalized spacial score (nSPS) is 11.0. The van der Waals surface area contributed by atoms with Gasteiger partial charge in [0.2, 0.25) is 0 Å². The van der Waals surface area contributed by atoms with Crippen molar-refractivity contribution in [2.75, 3.05) is 6.61 Å². The van der Waals surface area contributed by atoms with Gasteiger partial charge in [0, 0.05) is 33.1 Å². The summed E-state index contributed by atoms with van der Waals surface area (Å²) in [4.78, 5) is 0. The Hall–Kier alpha value is -1.45. The first-order valence-corrected chi connectivity index (χ1v) is 8.52. The Morgan fingerprint density at radius 3 is 2.64 bits per heavy atom. The Morgan fingerprint density at radius 1 is 1.00 bits per heavy atom. The van der Waals surface area contributed by atoms with E-state index < -0.39 is 0 Å². The molecule has 1 heterocycles. The van der Waals surface area contributed by atoms with Crippen molar-refractivity contribution in [1.82, 2.24) is 4.57 Å². The van der Waals surface area contributed by atoms with Crippen LogP contribution in [0.1, 0.15) is 12.8 Å². The molecule has 0 saturated carbocycles. The maximum atomic E-state index is 5.85. The summed E-state index contributed by atoms with van der Waals surface area (Å²) >= 11 is 9.36. The number of benzene rings is 2. The topological polar surface area (TPSA) is 14.2 Å². The number of aryl methyl sites for hydroxylation is 1. The van der Waals surface area contributed by atoms with E-state index in [1.165, 1.54) is 10.9 Å². The summed E-state index contributed by atoms with van der Waals surface area (Å²) in [6, 6.07) is 16.0. The smallest absolute Gasteiger partial charge is 0.119 e. The fourth-order valence-corrected chi connectivity index (χ4v) is 2.98. The van der Waals surface area contributed by atoms with Crippen molar-refractivity contribution in [2.24, 2.45) is 0 Å². The molecule has 1 aromatic heterocycles. The Labute approximate surface area is 143 Å². The Morgan fingerprint density at radius 2 is 1.82 bits per heavy atom. The van der Waals surface area contributed by atoms with Gasteiger partial charge in [-0.2, -0.15) is 0 Å². The van der Waals surface area contributed by atoms with Crippen LogP contribution >= 0.6 is 27.5 Å². The number of rotatable bonds is 6. The van der Waals surface area contributed by atoms with E-state index in [1.807, 2.05) is 24.3 Å². The zero-order valence-corrected chi connectivity index (χ0v) is 14.5. The Bertz CT molecular complexity index is 751. The molecule has 22 heavy (non-hydrogen) atoms. The van der Waals surface area contributed by atoms with Gasteiger partial charge in [0.15, 0.2) is 0 Å². The molecule has 3 rings (SSSR count). The monoisotopic (exact) mass is 377 g/mol. The third-order valence-electron chi connectivity index (χ3n) is 3.61. The second-order valence-corrected chi connectivity index (χ2v) is 6.57. The molecule has 0 N–H and O–H groups in total. The predicted molar refractivity (Wildman–Crippen MR) is 95.8 cm³/mol. The van der Waals surface area contributed by atoms with Crippen molar-refractivity contribution in [3.05, 3.63) is 64.2 Å². The molecule has 0 saturated heterocycles. The van der Waals surface area contributed by atoms with Crippen LogP contribution in [0.15, 0.2) is 59.2 Å². The third-order valence-corrected chi connectivity index (χ3v) is 4.35. The summed E-state index contributed by atoms with van der Waals surface area (Å²) < 4.78 is 9.12. The van der Waals surface area contributed by atoms with Crippen LogP contribution in [0.4, 0.5) is 0 Å². The highest BCUT2D eigenvalue weighted by atomic mass is 79.9. The number of ether oxygens (including phenoxy) is 1. The number of aromatic nitrogens is 1. The van der Waals surface area contributed by atoms with Crippen molar-refractivity contribution in [2.45, 2.75) is 19.4 Å². The lowest BCUT2D eigenvalue weighted by molar-refractivity contribution is 0.303. The Kier molecular flexibility index (Phi) is 5.06. The van der Waals surface area contributed by atoms with E-state index in [4.69, 9.17) is 16.3 Å². The van der Waals surface area contributed by atoms with Crippen LogP contribution in [0.3, 0.4) is 0 Å². The van der Waals surface area contributed by atoms with Crippen molar-refractivity contribution in [3.63, 3.8) is 0 Å². The molecule has 0 radical (unpaired) electrons. The first-order chi connectivity index (χ1) is 10.7. The third kappa shape index (κ3) is 3.84. The lowest BCUT2D eigenvalue weighted by Gasteiger charge is -2.08. The van der Waals surface area contributed by atoms with Gasteiger partial charge in [-0.05, 0) is 61.4 Å². The highest BCUT2D eigenvalue weighted by Gasteiger charge is 2.01. The van der Waals surface area contributed by atoms with Crippen molar-refractivity contribution < 1.29 is 4.74 Å². The average molecular weight is 379 g/mol. The molecule has 2 aromatic carbocycles. The fourth-order valence-electron chi connectivity index (χ4n) is 2.47.